The maximum absolute atomic E-state index is 13.7. The molecular formula is C28H39ClN4O3. The summed E-state index contributed by atoms with van der Waals surface area (Å²) < 4.78 is 7.53. The molecule has 2 aromatic rings. The second kappa shape index (κ2) is 8.74. The molecule has 4 saturated carbocycles. The fourth-order valence-electron chi connectivity index (χ4n) is 9.51. The number of halogens is 1. The Labute approximate surface area is 218 Å². The maximum atomic E-state index is 13.7. The second-order valence-electron chi connectivity index (χ2n) is 12.9. The van der Waals surface area contributed by atoms with E-state index in [1.807, 2.05) is 14.0 Å². The van der Waals surface area contributed by atoms with Crippen LogP contribution in [0.1, 0.15) is 71.6 Å². The summed E-state index contributed by atoms with van der Waals surface area (Å²) in [7, 11) is 1.84. The number of nitrogens with zero attached hydrogens (tertiary/aromatic N) is 4. The summed E-state index contributed by atoms with van der Waals surface area (Å²) >= 11 is 6.05. The first kappa shape index (κ1) is 24.7. The minimum Gasteiger partial charge on any atom is -0.390 e. The van der Waals surface area contributed by atoms with Crippen molar-refractivity contribution >= 4 is 28.5 Å². The van der Waals surface area contributed by atoms with Gasteiger partial charge in [0.2, 0.25) is 0 Å². The highest BCUT2D eigenvalue weighted by molar-refractivity contribution is 6.31. The summed E-state index contributed by atoms with van der Waals surface area (Å²) in [6.07, 6.45) is 11.1. The highest BCUT2D eigenvalue weighted by Gasteiger charge is 2.63. The van der Waals surface area contributed by atoms with Crippen LogP contribution in [0.2, 0.25) is 5.02 Å². The molecule has 196 valence electrons. The molecule has 2 aromatic heterocycles. The Hall–Kier alpha value is -1.57. The van der Waals surface area contributed by atoms with Gasteiger partial charge in [-0.1, -0.05) is 23.7 Å². The summed E-state index contributed by atoms with van der Waals surface area (Å²) in [5, 5.41) is 19.8. The van der Waals surface area contributed by atoms with Crippen LogP contribution >= 0.6 is 11.6 Å². The van der Waals surface area contributed by atoms with Crippen LogP contribution < -0.4 is 0 Å². The van der Waals surface area contributed by atoms with E-state index in [1.54, 1.807) is 16.9 Å². The molecule has 8 atom stereocenters. The van der Waals surface area contributed by atoms with Crippen LogP contribution in [0.3, 0.4) is 0 Å². The SMILES string of the molecule is COC[C@]12CC[C@@](C)(O)C[C@H]1CC[C@H]1[C@@H]3CC[C@H](C(=O)Cn4nnc5cc(Cl)cnc54)[C@@]3(C)CC[C@@H]12. The molecule has 0 bridgehead atoms. The molecule has 8 heteroatoms. The van der Waals surface area contributed by atoms with E-state index in [1.165, 1.54) is 12.8 Å². The van der Waals surface area contributed by atoms with Crippen LogP contribution in [0.4, 0.5) is 0 Å². The van der Waals surface area contributed by atoms with Crippen molar-refractivity contribution in [1.82, 2.24) is 20.0 Å². The van der Waals surface area contributed by atoms with E-state index in [2.05, 4.69) is 22.2 Å². The largest absolute Gasteiger partial charge is 0.390 e. The molecule has 6 rings (SSSR count). The Balaban J connectivity index is 1.23. The molecule has 36 heavy (non-hydrogen) atoms. The van der Waals surface area contributed by atoms with E-state index in [0.717, 1.165) is 51.6 Å². The Kier molecular flexibility index (Phi) is 6.01. The van der Waals surface area contributed by atoms with Crippen LogP contribution in [0.5, 0.6) is 0 Å². The predicted octanol–water partition coefficient (Wildman–Crippen LogP) is 5.09. The molecule has 1 N–H and O–H groups in total. The molecule has 7 nitrogen and oxygen atoms in total. The van der Waals surface area contributed by atoms with Gasteiger partial charge in [-0.15, -0.1) is 5.10 Å². The molecule has 2 heterocycles. The van der Waals surface area contributed by atoms with Crippen molar-refractivity contribution in [3.63, 3.8) is 0 Å². The Morgan fingerprint density at radius 1 is 1.17 bits per heavy atom. The van der Waals surface area contributed by atoms with Crippen molar-refractivity contribution in [1.29, 1.82) is 0 Å². The topological polar surface area (TPSA) is 90.1 Å². The first-order chi connectivity index (χ1) is 17.2. The minimum absolute atomic E-state index is 0.0344. The van der Waals surface area contributed by atoms with Crippen molar-refractivity contribution in [2.75, 3.05) is 13.7 Å². The van der Waals surface area contributed by atoms with Gasteiger partial charge in [0.25, 0.3) is 0 Å². The minimum atomic E-state index is -0.547. The smallest absolute Gasteiger partial charge is 0.178 e. The Morgan fingerprint density at radius 2 is 2.00 bits per heavy atom. The molecule has 4 aliphatic carbocycles. The third kappa shape index (κ3) is 3.75. The van der Waals surface area contributed by atoms with E-state index in [-0.39, 0.29) is 29.1 Å². The normalized spacial score (nSPS) is 42.1. The van der Waals surface area contributed by atoms with E-state index in [4.69, 9.17) is 16.3 Å². The first-order valence-corrected chi connectivity index (χ1v) is 14.1. The number of carbonyl (C=O) groups excluding carboxylic acids is 1. The molecule has 0 amide bonds. The molecule has 0 radical (unpaired) electrons. The predicted molar refractivity (Wildman–Crippen MR) is 137 cm³/mol. The summed E-state index contributed by atoms with van der Waals surface area (Å²) in [6, 6.07) is 1.74. The second-order valence-corrected chi connectivity index (χ2v) is 13.3. The quantitative estimate of drug-likeness (QED) is 0.598. The maximum Gasteiger partial charge on any atom is 0.178 e. The lowest BCUT2D eigenvalue weighted by atomic mass is 9.43. The van der Waals surface area contributed by atoms with Crippen LogP contribution in [-0.2, 0) is 16.1 Å². The molecule has 4 fully saturated rings. The number of hydrogen-bond acceptors (Lipinski definition) is 6. The van der Waals surface area contributed by atoms with Crippen LogP contribution in [0, 0.1) is 40.4 Å². The van der Waals surface area contributed by atoms with Gasteiger partial charge in [0, 0.05) is 19.2 Å². The summed E-state index contributed by atoms with van der Waals surface area (Å²) in [6.45, 7) is 5.43. The van der Waals surface area contributed by atoms with Crippen molar-refractivity contribution in [2.45, 2.75) is 83.8 Å². The molecule has 0 saturated heterocycles. The number of aliphatic hydroxyl groups is 1. The van der Waals surface area contributed by atoms with E-state index >= 15 is 0 Å². The van der Waals surface area contributed by atoms with Crippen LogP contribution in [-0.4, -0.2) is 50.2 Å². The summed E-state index contributed by atoms with van der Waals surface area (Å²) in [4.78, 5) is 18.1. The standard InChI is InChI=1S/C28H39ClN4O3/c1-26(35)10-11-28(16-36-3)17(13-26)4-5-19-20-6-7-22(27(20,2)9-8-21(19)28)24(34)15-33-25-23(31-32-33)12-18(29)14-30-25/h12,14,17,19-22,35H,4-11,13,15-16H2,1-3H3/t17-,19+,20+,21+,22-,26-,27+,28-/m1/s1. The van der Waals surface area contributed by atoms with Gasteiger partial charge in [-0.3, -0.25) is 4.79 Å². The van der Waals surface area contributed by atoms with Gasteiger partial charge < -0.3 is 9.84 Å². The van der Waals surface area contributed by atoms with Crippen molar-refractivity contribution < 1.29 is 14.6 Å². The number of Topliss-reactive ketones (excluding diaryl/α,β-unsaturated/α-hetero) is 1. The van der Waals surface area contributed by atoms with Gasteiger partial charge in [0.05, 0.1) is 17.2 Å². The number of methoxy groups -OCH3 is 1. The molecule has 4 aliphatic rings. The fourth-order valence-corrected chi connectivity index (χ4v) is 9.67. The fraction of sp³-hybridized carbons (Fsp3) is 0.786. The van der Waals surface area contributed by atoms with Gasteiger partial charge in [0.1, 0.15) is 12.1 Å². The monoisotopic (exact) mass is 514 g/mol. The number of fused-ring (bicyclic) bond motifs is 6. The molecule has 0 aromatic carbocycles. The third-order valence-corrected chi connectivity index (χ3v) is 11.3. The van der Waals surface area contributed by atoms with Crippen LogP contribution in [0.15, 0.2) is 12.3 Å². The van der Waals surface area contributed by atoms with Crippen molar-refractivity contribution in [2.24, 2.45) is 40.4 Å². The average molecular weight is 515 g/mol. The van der Waals surface area contributed by atoms with Gasteiger partial charge in [-0.25, -0.2) is 9.67 Å². The van der Waals surface area contributed by atoms with E-state index < -0.39 is 5.60 Å². The zero-order chi connectivity index (χ0) is 25.3. The Bertz CT molecular complexity index is 1170. The molecule has 0 spiro atoms. The number of ketones is 1. The molecule has 0 aliphatic heterocycles. The van der Waals surface area contributed by atoms with Gasteiger partial charge >= 0.3 is 0 Å². The zero-order valence-electron chi connectivity index (χ0n) is 21.8. The number of rotatable bonds is 5. The summed E-state index contributed by atoms with van der Waals surface area (Å²) in [5.74, 6) is 2.70. The Morgan fingerprint density at radius 3 is 2.81 bits per heavy atom. The van der Waals surface area contributed by atoms with E-state index in [9.17, 15) is 9.90 Å². The van der Waals surface area contributed by atoms with Gasteiger partial charge in [-0.05, 0) is 105 Å². The summed E-state index contributed by atoms with van der Waals surface area (Å²) in [5.41, 5.74) is 0.902. The van der Waals surface area contributed by atoms with Crippen molar-refractivity contribution in [3.05, 3.63) is 17.3 Å². The lowest BCUT2D eigenvalue weighted by molar-refractivity contribution is -0.175. The molecule has 0 unspecified atom stereocenters. The number of hydrogen-bond donors (Lipinski definition) is 1. The van der Waals surface area contributed by atoms with Gasteiger partial charge in [-0.2, -0.15) is 0 Å². The zero-order valence-corrected chi connectivity index (χ0v) is 22.5. The van der Waals surface area contributed by atoms with Gasteiger partial charge in [0.15, 0.2) is 11.4 Å². The number of carbonyl (C=O) groups is 1. The lowest BCUT2D eigenvalue weighted by Crippen LogP contribution is -2.58. The number of pyridine rings is 1. The first-order valence-electron chi connectivity index (χ1n) is 13.8. The number of aromatic nitrogens is 4. The highest BCUT2D eigenvalue weighted by Crippen LogP contribution is 2.68. The van der Waals surface area contributed by atoms with Crippen LogP contribution in [0.25, 0.3) is 11.2 Å². The third-order valence-electron chi connectivity index (χ3n) is 11.1. The van der Waals surface area contributed by atoms with Crippen molar-refractivity contribution in [3.8, 4) is 0 Å². The van der Waals surface area contributed by atoms with E-state index in [0.29, 0.717) is 39.9 Å². The number of ether oxygens (including phenoxy) is 1. The lowest BCUT2D eigenvalue weighted by Gasteiger charge is -2.62. The molecular weight excluding hydrogens is 476 g/mol. The highest BCUT2D eigenvalue weighted by atomic mass is 35.5. The average Bonchev–Trinajstić information content (AvgIpc) is 3.39.